The third-order valence-electron chi connectivity index (χ3n) is 2.68. The number of nitrogens with zero attached hydrogens (tertiary/aromatic N) is 2. The van der Waals surface area contributed by atoms with Gasteiger partial charge in [0.25, 0.3) is 11.7 Å². The number of ketones is 1. The smallest absolute Gasteiger partial charge is 0.299 e. The van der Waals surface area contributed by atoms with Gasteiger partial charge in [-0.3, -0.25) is 19.5 Å². The summed E-state index contributed by atoms with van der Waals surface area (Å²) in [6.45, 7) is 0.409. The molecule has 1 aliphatic heterocycles. The summed E-state index contributed by atoms with van der Waals surface area (Å²) in [4.78, 5) is 30.0. The summed E-state index contributed by atoms with van der Waals surface area (Å²) in [7, 11) is 0. The lowest BCUT2D eigenvalue weighted by atomic mass is 10.1. The Bertz CT molecular complexity index is 592. The summed E-state index contributed by atoms with van der Waals surface area (Å²) < 4.78 is 0. The van der Waals surface area contributed by atoms with Crippen LogP contribution in [0, 0.1) is 0 Å². The predicted molar refractivity (Wildman–Crippen MR) is 64.1 cm³/mol. The average molecular weight is 244 g/mol. The van der Waals surface area contributed by atoms with Crippen LogP contribution in [0.5, 0.6) is 0 Å². The van der Waals surface area contributed by atoms with E-state index in [1.807, 2.05) is 6.07 Å². The number of hydrogen-bond acceptors (Lipinski definition) is 4. The van der Waals surface area contributed by atoms with E-state index in [1.165, 1.54) is 16.2 Å². The molecule has 0 fully saturated rings. The van der Waals surface area contributed by atoms with Crippen molar-refractivity contribution < 1.29 is 9.59 Å². The van der Waals surface area contributed by atoms with Crippen LogP contribution in [0.4, 0.5) is 5.69 Å². The van der Waals surface area contributed by atoms with E-state index < -0.39 is 11.7 Å². The number of hydrogen-bond donors (Lipinski definition) is 0. The number of amides is 1. The van der Waals surface area contributed by atoms with Gasteiger partial charge in [-0.15, -0.1) is 11.3 Å². The van der Waals surface area contributed by atoms with E-state index in [2.05, 4.69) is 4.98 Å². The van der Waals surface area contributed by atoms with Crippen molar-refractivity contribution in [1.82, 2.24) is 4.98 Å². The van der Waals surface area contributed by atoms with Crippen molar-refractivity contribution in [2.24, 2.45) is 0 Å². The molecule has 4 nitrogen and oxygen atoms in total. The number of para-hydroxylation sites is 1. The Balaban J connectivity index is 2.01. The quantitative estimate of drug-likeness (QED) is 0.758. The van der Waals surface area contributed by atoms with Gasteiger partial charge in [-0.25, -0.2) is 0 Å². The number of carbonyl (C=O) groups excluding carboxylic acids is 2. The first-order chi connectivity index (χ1) is 8.27. The highest BCUT2D eigenvalue weighted by Gasteiger charge is 2.35. The first-order valence-corrected chi connectivity index (χ1v) is 5.98. The summed E-state index contributed by atoms with van der Waals surface area (Å²) in [5, 5.41) is 0. The molecule has 1 aromatic heterocycles. The number of rotatable bonds is 2. The second-order valence-corrected chi connectivity index (χ2v) is 4.68. The molecule has 5 heteroatoms. The maximum Gasteiger partial charge on any atom is 0.299 e. The molecule has 0 N–H and O–H groups in total. The van der Waals surface area contributed by atoms with Crippen LogP contribution >= 0.6 is 11.3 Å². The number of fused-ring (bicyclic) bond motifs is 1. The molecule has 0 unspecified atom stereocenters. The van der Waals surface area contributed by atoms with Crippen LogP contribution in [0.1, 0.15) is 15.2 Å². The molecule has 1 aromatic carbocycles. The Morgan fingerprint density at radius 2 is 2.06 bits per heavy atom. The van der Waals surface area contributed by atoms with E-state index >= 15 is 0 Å². The Labute approximate surface area is 102 Å². The van der Waals surface area contributed by atoms with Crippen LogP contribution < -0.4 is 4.90 Å². The topological polar surface area (TPSA) is 50.3 Å². The minimum atomic E-state index is -0.459. The van der Waals surface area contributed by atoms with Crippen molar-refractivity contribution >= 4 is 28.7 Å². The van der Waals surface area contributed by atoms with Crippen LogP contribution in [-0.2, 0) is 11.3 Å². The van der Waals surface area contributed by atoms with Gasteiger partial charge in [0.15, 0.2) is 0 Å². The monoisotopic (exact) mass is 244 g/mol. The van der Waals surface area contributed by atoms with Crippen molar-refractivity contribution in [2.75, 3.05) is 4.90 Å². The van der Waals surface area contributed by atoms with E-state index in [4.69, 9.17) is 0 Å². The second kappa shape index (κ2) is 3.78. The number of carbonyl (C=O) groups is 2. The Morgan fingerprint density at radius 1 is 1.24 bits per heavy atom. The summed E-state index contributed by atoms with van der Waals surface area (Å²) in [5.74, 6) is -0.885. The van der Waals surface area contributed by atoms with Crippen LogP contribution in [0.25, 0.3) is 0 Å². The highest BCUT2D eigenvalue weighted by Crippen LogP contribution is 2.30. The zero-order chi connectivity index (χ0) is 11.8. The summed E-state index contributed by atoms with van der Waals surface area (Å²) in [6, 6.07) is 7.06. The van der Waals surface area contributed by atoms with Crippen molar-refractivity contribution in [3.63, 3.8) is 0 Å². The second-order valence-electron chi connectivity index (χ2n) is 3.71. The van der Waals surface area contributed by atoms with Gasteiger partial charge < -0.3 is 0 Å². The third-order valence-corrected chi connectivity index (χ3v) is 3.44. The van der Waals surface area contributed by atoms with E-state index in [0.717, 1.165) is 4.88 Å². The maximum absolute atomic E-state index is 11.8. The lowest BCUT2D eigenvalue weighted by molar-refractivity contribution is -0.114. The molecule has 0 saturated heterocycles. The molecule has 0 spiro atoms. The lowest BCUT2D eigenvalue weighted by Gasteiger charge is -2.14. The first-order valence-electron chi connectivity index (χ1n) is 5.10. The molecule has 0 radical (unpaired) electrons. The van der Waals surface area contributed by atoms with Crippen molar-refractivity contribution in [1.29, 1.82) is 0 Å². The maximum atomic E-state index is 11.8. The Hall–Kier alpha value is -2.01. The normalized spacial score (nSPS) is 14.2. The van der Waals surface area contributed by atoms with Crippen molar-refractivity contribution in [3.05, 3.63) is 46.4 Å². The van der Waals surface area contributed by atoms with Gasteiger partial charge in [-0.05, 0) is 12.1 Å². The molecular formula is C12H8N2O2S. The molecule has 3 rings (SSSR count). The van der Waals surface area contributed by atoms with E-state index in [-0.39, 0.29) is 0 Å². The van der Waals surface area contributed by atoms with Gasteiger partial charge >= 0.3 is 0 Å². The molecule has 2 aromatic rings. The molecule has 2 heterocycles. The molecule has 0 saturated carbocycles. The minimum absolute atomic E-state index is 0.409. The molecule has 84 valence electrons. The number of thiazole rings is 1. The summed E-state index contributed by atoms with van der Waals surface area (Å²) in [6.07, 6.45) is 1.71. The fourth-order valence-electron chi connectivity index (χ4n) is 1.88. The van der Waals surface area contributed by atoms with E-state index in [9.17, 15) is 9.59 Å². The largest absolute Gasteiger partial charge is 0.299 e. The summed E-state index contributed by atoms with van der Waals surface area (Å²) in [5.41, 5.74) is 2.89. The Morgan fingerprint density at radius 3 is 2.82 bits per heavy atom. The van der Waals surface area contributed by atoms with Gasteiger partial charge in [-0.1, -0.05) is 12.1 Å². The number of anilines is 1. The number of benzene rings is 1. The molecule has 0 bridgehead atoms. The van der Waals surface area contributed by atoms with E-state index in [0.29, 0.717) is 17.8 Å². The highest BCUT2D eigenvalue weighted by atomic mass is 32.1. The zero-order valence-electron chi connectivity index (χ0n) is 8.79. The van der Waals surface area contributed by atoms with E-state index in [1.54, 1.807) is 29.9 Å². The van der Waals surface area contributed by atoms with Gasteiger partial charge in [0.1, 0.15) is 0 Å². The van der Waals surface area contributed by atoms with Gasteiger partial charge in [0.2, 0.25) is 0 Å². The molecule has 1 amide bonds. The van der Waals surface area contributed by atoms with Crippen LogP contribution in [-0.4, -0.2) is 16.7 Å². The summed E-state index contributed by atoms with van der Waals surface area (Å²) >= 11 is 1.47. The minimum Gasteiger partial charge on any atom is -0.299 e. The molecule has 1 aliphatic rings. The Kier molecular flexibility index (Phi) is 2.26. The van der Waals surface area contributed by atoms with Gasteiger partial charge in [0, 0.05) is 11.1 Å². The van der Waals surface area contributed by atoms with Crippen molar-refractivity contribution in [2.45, 2.75) is 6.54 Å². The molecule has 0 aliphatic carbocycles. The molecular weight excluding hydrogens is 236 g/mol. The number of aromatic nitrogens is 1. The van der Waals surface area contributed by atoms with Gasteiger partial charge in [-0.2, -0.15) is 0 Å². The highest BCUT2D eigenvalue weighted by molar-refractivity contribution is 7.09. The zero-order valence-corrected chi connectivity index (χ0v) is 9.61. The fourth-order valence-corrected chi connectivity index (χ4v) is 2.46. The first kappa shape index (κ1) is 10.2. The predicted octanol–water partition coefficient (Wildman–Crippen LogP) is 1.87. The standard InChI is InChI=1S/C12H8N2O2S/c15-11-9-3-1-2-4-10(9)14(12(11)16)6-8-5-13-7-17-8/h1-5,7H,6H2. The lowest BCUT2D eigenvalue weighted by Crippen LogP contribution is -2.28. The average Bonchev–Trinajstić information content (AvgIpc) is 2.94. The SMILES string of the molecule is O=C1C(=O)N(Cc2cncs2)c2ccccc21. The van der Waals surface area contributed by atoms with Crippen molar-refractivity contribution in [3.8, 4) is 0 Å². The van der Waals surface area contributed by atoms with Gasteiger partial charge in [0.05, 0.1) is 23.3 Å². The van der Waals surface area contributed by atoms with Crippen LogP contribution in [0.15, 0.2) is 36.0 Å². The molecule has 0 atom stereocenters. The molecule has 17 heavy (non-hydrogen) atoms. The fraction of sp³-hybridized carbons (Fsp3) is 0.0833. The number of Topliss-reactive ketones (excluding diaryl/α,β-unsaturated/α-hetero) is 1. The third kappa shape index (κ3) is 1.55. The van der Waals surface area contributed by atoms with Crippen LogP contribution in [0.2, 0.25) is 0 Å². The van der Waals surface area contributed by atoms with Crippen LogP contribution in [0.3, 0.4) is 0 Å².